The number of rotatable bonds is 7. The van der Waals surface area contributed by atoms with E-state index >= 15 is 0 Å². The van der Waals surface area contributed by atoms with Gasteiger partial charge in [0, 0.05) is 17.8 Å². The summed E-state index contributed by atoms with van der Waals surface area (Å²) in [6.45, 7) is 1.39. The fourth-order valence-electron chi connectivity index (χ4n) is 2.19. The fraction of sp³-hybridized carbons (Fsp3) is 0.222. The second-order valence-corrected chi connectivity index (χ2v) is 5.41. The first-order valence-electron chi connectivity index (χ1n) is 7.84. The highest BCUT2D eigenvalue weighted by molar-refractivity contribution is 5.97. The molecule has 1 atom stereocenters. The van der Waals surface area contributed by atoms with Crippen LogP contribution in [-0.4, -0.2) is 37.1 Å². The summed E-state index contributed by atoms with van der Waals surface area (Å²) in [6, 6.07) is 10.3. The molecule has 0 saturated carbocycles. The van der Waals surface area contributed by atoms with Crippen LogP contribution < -0.4 is 14.8 Å². The van der Waals surface area contributed by atoms with Crippen LogP contribution in [0.2, 0.25) is 0 Å². The van der Waals surface area contributed by atoms with E-state index in [0.29, 0.717) is 11.4 Å². The van der Waals surface area contributed by atoms with Crippen molar-refractivity contribution >= 4 is 23.3 Å². The van der Waals surface area contributed by atoms with E-state index in [1.54, 1.807) is 24.3 Å². The van der Waals surface area contributed by atoms with Gasteiger partial charge >= 0.3 is 11.7 Å². The van der Waals surface area contributed by atoms with Gasteiger partial charge in [-0.25, -0.2) is 4.79 Å². The molecule has 142 valence electrons. The van der Waals surface area contributed by atoms with Crippen molar-refractivity contribution in [3.63, 3.8) is 0 Å². The van der Waals surface area contributed by atoms with Crippen LogP contribution in [0.5, 0.6) is 11.5 Å². The molecular weight excluding hydrogens is 356 g/mol. The van der Waals surface area contributed by atoms with Crippen molar-refractivity contribution in [2.75, 3.05) is 19.5 Å². The molecular formula is C18H18N2O7. The molecule has 0 aromatic heterocycles. The topological polar surface area (TPSA) is 117 Å². The molecule has 0 aliphatic carbocycles. The van der Waals surface area contributed by atoms with Crippen molar-refractivity contribution in [1.29, 1.82) is 0 Å². The van der Waals surface area contributed by atoms with E-state index in [4.69, 9.17) is 14.2 Å². The summed E-state index contributed by atoms with van der Waals surface area (Å²) in [4.78, 5) is 34.8. The van der Waals surface area contributed by atoms with Gasteiger partial charge in [0.15, 0.2) is 11.9 Å². The van der Waals surface area contributed by atoms with Crippen LogP contribution >= 0.6 is 0 Å². The second kappa shape index (κ2) is 8.65. The maximum atomic E-state index is 12.2. The number of nitrogens with one attached hydrogen (secondary N) is 1. The first-order chi connectivity index (χ1) is 12.8. The van der Waals surface area contributed by atoms with E-state index in [9.17, 15) is 19.7 Å². The Morgan fingerprint density at radius 3 is 2.48 bits per heavy atom. The minimum Gasteiger partial charge on any atom is -0.497 e. The summed E-state index contributed by atoms with van der Waals surface area (Å²) in [7, 11) is 2.78. The maximum absolute atomic E-state index is 12.2. The Morgan fingerprint density at radius 2 is 1.85 bits per heavy atom. The zero-order chi connectivity index (χ0) is 20.0. The quantitative estimate of drug-likeness (QED) is 0.450. The molecule has 0 aliphatic heterocycles. The number of methoxy groups -OCH3 is 2. The molecule has 0 aliphatic rings. The fourth-order valence-corrected chi connectivity index (χ4v) is 2.19. The predicted octanol–water partition coefficient (Wildman–Crippen LogP) is 2.80. The molecule has 1 amide bonds. The minimum atomic E-state index is -1.12. The average molecular weight is 374 g/mol. The monoisotopic (exact) mass is 374 g/mol. The van der Waals surface area contributed by atoms with Crippen molar-refractivity contribution < 1.29 is 28.7 Å². The SMILES string of the molecule is COc1cccc(NC(=O)[C@H](C)OC(=O)c2ccc(OC)c([N+](=O)[O-])c2)c1. The number of hydrogen-bond donors (Lipinski definition) is 1. The zero-order valence-corrected chi connectivity index (χ0v) is 14.9. The van der Waals surface area contributed by atoms with Gasteiger partial charge in [-0.05, 0) is 31.2 Å². The lowest BCUT2D eigenvalue weighted by Gasteiger charge is -2.14. The number of nitro groups is 1. The average Bonchev–Trinajstić information content (AvgIpc) is 2.67. The lowest BCUT2D eigenvalue weighted by Crippen LogP contribution is -2.30. The smallest absolute Gasteiger partial charge is 0.339 e. The van der Waals surface area contributed by atoms with Gasteiger partial charge in [0.1, 0.15) is 5.75 Å². The van der Waals surface area contributed by atoms with Crippen LogP contribution in [0.25, 0.3) is 0 Å². The first-order valence-corrected chi connectivity index (χ1v) is 7.84. The van der Waals surface area contributed by atoms with Gasteiger partial charge in [0.25, 0.3) is 5.91 Å². The van der Waals surface area contributed by atoms with Gasteiger partial charge in [-0.15, -0.1) is 0 Å². The molecule has 0 radical (unpaired) electrons. The Labute approximate surface area is 155 Å². The molecule has 0 fully saturated rings. The number of carbonyl (C=O) groups excluding carboxylic acids is 2. The summed E-state index contributed by atoms with van der Waals surface area (Å²) in [6.07, 6.45) is -1.12. The molecule has 2 aromatic rings. The molecule has 1 N–H and O–H groups in total. The van der Waals surface area contributed by atoms with Gasteiger partial charge in [-0.2, -0.15) is 0 Å². The molecule has 0 heterocycles. The summed E-state index contributed by atoms with van der Waals surface area (Å²) < 4.78 is 15.0. The van der Waals surface area contributed by atoms with Crippen molar-refractivity contribution in [2.24, 2.45) is 0 Å². The lowest BCUT2D eigenvalue weighted by atomic mass is 10.2. The maximum Gasteiger partial charge on any atom is 0.339 e. The highest BCUT2D eigenvalue weighted by Gasteiger charge is 2.23. The van der Waals surface area contributed by atoms with Crippen molar-refractivity contribution in [2.45, 2.75) is 13.0 Å². The standard InChI is InChI=1S/C18H18N2O7/c1-11(17(21)19-13-5-4-6-14(10-13)25-2)27-18(22)12-7-8-16(26-3)15(9-12)20(23)24/h4-11H,1-3H3,(H,19,21)/t11-/m0/s1. The number of benzene rings is 2. The van der Waals surface area contributed by atoms with E-state index in [0.717, 1.165) is 6.07 Å². The highest BCUT2D eigenvalue weighted by atomic mass is 16.6. The molecule has 2 rings (SSSR count). The van der Waals surface area contributed by atoms with Gasteiger partial charge in [-0.1, -0.05) is 6.07 Å². The van der Waals surface area contributed by atoms with Crippen molar-refractivity contribution in [3.05, 3.63) is 58.1 Å². The number of anilines is 1. The molecule has 9 nitrogen and oxygen atoms in total. The molecule has 0 bridgehead atoms. The van der Waals surface area contributed by atoms with Gasteiger partial charge < -0.3 is 19.5 Å². The minimum absolute atomic E-state index is 0.0142. The lowest BCUT2D eigenvalue weighted by molar-refractivity contribution is -0.385. The van der Waals surface area contributed by atoms with Gasteiger partial charge in [0.05, 0.1) is 24.7 Å². The van der Waals surface area contributed by atoms with Crippen LogP contribution in [-0.2, 0) is 9.53 Å². The third kappa shape index (κ3) is 4.94. The molecule has 0 saturated heterocycles. The Balaban J connectivity index is 2.07. The first kappa shape index (κ1) is 19.7. The van der Waals surface area contributed by atoms with Crippen LogP contribution in [0.4, 0.5) is 11.4 Å². The largest absolute Gasteiger partial charge is 0.497 e. The highest BCUT2D eigenvalue weighted by Crippen LogP contribution is 2.28. The van der Waals surface area contributed by atoms with E-state index in [1.165, 1.54) is 33.3 Å². The van der Waals surface area contributed by atoms with Crippen LogP contribution in [0.3, 0.4) is 0 Å². The summed E-state index contributed by atoms with van der Waals surface area (Å²) in [5.74, 6) is -0.850. The van der Waals surface area contributed by atoms with Crippen LogP contribution in [0.1, 0.15) is 17.3 Å². The van der Waals surface area contributed by atoms with E-state index in [1.807, 2.05) is 0 Å². The van der Waals surface area contributed by atoms with Gasteiger partial charge in [-0.3, -0.25) is 14.9 Å². The number of carbonyl (C=O) groups is 2. The number of amides is 1. The number of nitro benzene ring substituents is 1. The Morgan fingerprint density at radius 1 is 1.11 bits per heavy atom. The predicted molar refractivity (Wildman–Crippen MR) is 96.1 cm³/mol. The summed E-state index contributed by atoms with van der Waals surface area (Å²) >= 11 is 0. The second-order valence-electron chi connectivity index (χ2n) is 5.41. The molecule has 27 heavy (non-hydrogen) atoms. The van der Waals surface area contributed by atoms with E-state index in [-0.39, 0.29) is 17.0 Å². The third-order valence-corrected chi connectivity index (χ3v) is 3.60. The summed E-state index contributed by atoms with van der Waals surface area (Å²) in [5, 5.41) is 13.6. The number of ether oxygens (including phenoxy) is 3. The van der Waals surface area contributed by atoms with E-state index < -0.39 is 22.9 Å². The van der Waals surface area contributed by atoms with E-state index in [2.05, 4.69) is 5.32 Å². The Bertz CT molecular complexity index is 867. The van der Waals surface area contributed by atoms with Crippen LogP contribution in [0.15, 0.2) is 42.5 Å². The van der Waals surface area contributed by atoms with Gasteiger partial charge in [0.2, 0.25) is 0 Å². The molecule has 9 heteroatoms. The Kier molecular flexibility index (Phi) is 6.32. The zero-order valence-electron chi connectivity index (χ0n) is 14.9. The Hall–Kier alpha value is -3.62. The summed E-state index contributed by atoms with van der Waals surface area (Å²) in [5.41, 5.74) is 0.0336. The van der Waals surface area contributed by atoms with Crippen LogP contribution in [0, 0.1) is 10.1 Å². The van der Waals surface area contributed by atoms with Crippen molar-refractivity contribution in [1.82, 2.24) is 0 Å². The number of hydrogen-bond acceptors (Lipinski definition) is 7. The molecule has 2 aromatic carbocycles. The van der Waals surface area contributed by atoms with Crippen molar-refractivity contribution in [3.8, 4) is 11.5 Å². The number of nitrogens with zero attached hydrogens (tertiary/aromatic N) is 1. The molecule has 0 spiro atoms. The molecule has 0 unspecified atom stereocenters. The normalized spacial score (nSPS) is 11.2. The third-order valence-electron chi connectivity index (χ3n) is 3.60. The number of esters is 1.